The van der Waals surface area contributed by atoms with Crippen molar-refractivity contribution in [2.75, 3.05) is 27.4 Å². The summed E-state index contributed by atoms with van der Waals surface area (Å²) in [5.41, 5.74) is 4.39. The number of ketones is 1. The largest absolute Gasteiger partial charge is 0.493 e. The lowest BCUT2D eigenvalue weighted by atomic mass is 10.1. The zero-order valence-electron chi connectivity index (χ0n) is 29.1. The number of benzene rings is 1. The van der Waals surface area contributed by atoms with E-state index in [1.807, 2.05) is 31.2 Å². The maximum atomic E-state index is 12.1. The van der Waals surface area contributed by atoms with Crippen LogP contribution < -0.4 is 9.47 Å². The molecule has 7 heteroatoms. The minimum absolute atomic E-state index is 0.0289. The molecule has 0 fully saturated rings. The molecule has 0 saturated carbocycles. The van der Waals surface area contributed by atoms with Gasteiger partial charge in [0.05, 0.1) is 19.9 Å². The molecule has 1 atom stereocenters. The number of carbonyl (C=O) groups excluding carboxylic acids is 1. The zero-order valence-corrected chi connectivity index (χ0v) is 29.1. The Morgan fingerprint density at radius 3 is 2.14 bits per heavy atom. The first-order chi connectivity index (χ1) is 21.3. The maximum Gasteiger partial charge on any atom is 0.183 e. The molecule has 44 heavy (non-hydrogen) atoms. The molecule has 0 saturated heterocycles. The Labute approximate surface area is 267 Å². The molecule has 1 aromatic carbocycles. The first-order valence-electron chi connectivity index (χ1n) is 16.6. The summed E-state index contributed by atoms with van der Waals surface area (Å²) in [4.78, 5) is 16.4. The van der Waals surface area contributed by atoms with Crippen molar-refractivity contribution in [2.45, 2.75) is 113 Å². The van der Waals surface area contributed by atoms with Gasteiger partial charge >= 0.3 is 0 Å². The highest BCUT2D eigenvalue weighted by molar-refractivity contribution is 5.95. The highest BCUT2D eigenvalue weighted by Gasteiger charge is 2.14. The molecule has 0 amide bonds. The van der Waals surface area contributed by atoms with Crippen molar-refractivity contribution >= 4 is 11.4 Å². The van der Waals surface area contributed by atoms with Crippen LogP contribution in [-0.2, 0) is 4.74 Å². The van der Waals surface area contributed by atoms with E-state index < -0.39 is 0 Å². The van der Waals surface area contributed by atoms with Crippen LogP contribution in [0, 0.1) is 5.92 Å². The third-order valence-electron chi connectivity index (χ3n) is 7.10. The Hall–Kier alpha value is -3.19. The number of Topliss-reactive ketones (excluding diaryl/α,β-unsaturated/α-hetero) is 1. The SMILES string of the molecule is CC1=C[C@H](C)CC1.CCCC.CCCC(=O)c1cc2nccc(-c3ccc(OC)c(OC)c3)n2n1.CCCCCOCCC. The van der Waals surface area contributed by atoms with Crippen LogP contribution in [0.1, 0.15) is 123 Å². The molecule has 0 N–H and O–H groups in total. The summed E-state index contributed by atoms with van der Waals surface area (Å²) in [5.74, 6) is 2.18. The number of ether oxygens (including phenoxy) is 3. The molecule has 7 nitrogen and oxygen atoms in total. The summed E-state index contributed by atoms with van der Waals surface area (Å²) in [6, 6.07) is 9.22. The van der Waals surface area contributed by atoms with Gasteiger partial charge in [0.25, 0.3) is 0 Å². The molecule has 0 spiro atoms. The number of nitrogens with zero attached hydrogens (tertiary/aromatic N) is 3. The van der Waals surface area contributed by atoms with Crippen LogP contribution in [0.5, 0.6) is 11.5 Å². The Morgan fingerprint density at radius 1 is 0.886 bits per heavy atom. The lowest BCUT2D eigenvalue weighted by molar-refractivity contribution is 0.0976. The summed E-state index contributed by atoms with van der Waals surface area (Å²) < 4.78 is 17.6. The normalized spacial score (nSPS) is 13.5. The second-order valence-corrected chi connectivity index (χ2v) is 11.2. The van der Waals surface area contributed by atoms with Gasteiger partial charge in [-0.05, 0) is 69.2 Å². The molecule has 0 unspecified atom stereocenters. The molecular weight excluding hydrogens is 550 g/mol. The van der Waals surface area contributed by atoms with Crippen molar-refractivity contribution in [1.29, 1.82) is 0 Å². The summed E-state index contributed by atoms with van der Waals surface area (Å²) in [5, 5.41) is 4.44. The average Bonchev–Trinajstić information content (AvgIpc) is 3.66. The van der Waals surface area contributed by atoms with Crippen LogP contribution in [0.25, 0.3) is 16.9 Å². The fourth-order valence-electron chi connectivity index (χ4n) is 4.41. The number of allylic oxidation sites excluding steroid dienone is 2. The monoisotopic (exact) mass is 609 g/mol. The number of unbranched alkanes of at least 4 members (excludes halogenated alkanes) is 3. The topological polar surface area (TPSA) is 75.0 Å². The van der Waals surface area contributed by atoms with Gasteiger partial charge in [-0.1, -0.05) is 78.9 Å². The summed E-state index contributed by atoms with van der Waals surface area (Å²) in [6.07, 6.45) is 15.7. The average molecular weight is 610 g/mol. The number of methoxy groups -OCH3 is 2. The molecule has 0 aliphatic heterocycles. The smallest absolute Gasteiger partial charge is 0.183 e. The van der Waals surface area contributed by atoms with Crippen molar-refractivity contribution in [3.05, 3.63) is 53.9 Å². The van der Waals surface area contributed by atoms with Crippen LogP contribution in [0.2, 0.25) is 0 Å². The fraction of sp³-hybridized carbons (Fsp3) is 0.595. The molecule has 0 bridgehead atoms. The zero-order chi connectivity index (χ0) is 32.7. The summed E-state index contributed by atoms with van der Waals surface area (Å²) in [7, 11) is 3.19. The van der Waals surface area contributed by atoms with Crippen molar-refractivity contribution < 1.29 is 19.0 Å². The van der Waals surface area contributed by atoms with E-state index in [1.165, 1.54) is 44.9 Å². The van der Waals surface area contributed by atoms with Crippen LogP contribution >= 0.6 is 0 Å². The highest BCUT2D eigenvalue weighted by Crippen LogP contribution is 2.32. The molecule has 1 aliphatic rings. The van der Waals surface area contributed by atoms with E-state index >= 15 is 0 Å². The van der Waals surface area contributed by atoms with Gasteiger partial charge in [-0.2, -0.15) is 5.10 Å². The Balaban J connectivity index is 0.000000394. The minimum Gasteiger partial charge on any atom is -0.493 e. The van der Waals surface area contributed by atoms with Crippen molar-refractivity contribution in [3.8, 4) is 22.8 Å². The van der Waals surface area contributed by atoms with Crippen LogP contribution in [0.4, 0.5) is 0 Å². The fourth-order valence-corrected chi connectivity index (χ4v) is 4.41. The number of hydrogen-bond acceptors (Lipinski definition) is 6. The second kappa shape index (κ2) is 23.2. The first-order valence-corrected chi connectivity index (χ1v) is 16.6. The van der Waals surface area contributed by atoms with Gasteiger partial charge < -0.3 is 14.2 Å². The highest BCUT2D eigenvalue weighted by atomic mass is 16.5. The third-order valence-corrected chi connectivity index (χ3v) is 7.10. The summed E-state index contributed by atoms with van der Waals surface area (Å²) >= 11 is 0. The lowest BCUT2D eigenvalue weighted by Gasteiger charge is -2.10. The van der Waals surface area contributed by atoms with E-state index in [9.17, 15) is 4.79 Å². The van der Waals surface area contributed by atoms with Crippen molar-refractivity contribution in [3.63, 3.8) is 0 Å². The molecule has 0 radical (unpaired) electrons. The number of carbonyl (C=O) groups is 1. The van der Waals surface area contributed by atoms with Crippen molar-refractivity contribution in [1.82, 2.24) is 14.6 Å². The molecular formula is C37H59N3O4. The third kappa shape index (κ3) is 14.1. The number of hydrogen-bond donors (Lipinski definition) is 0. The number of rotatable bonds is 13. The van der Waals surface area contributed by atoms with E-state index in [2.05, 4.69) is 57.7 Å². The van der Waals surface area contributed by atoms with Gasteiger partial charge in [0.2, 0.25) is 0 Å². The second-order valence-electron chi connectivity index (χ2n) is 11.2. The Bertz CT molecular complexity index is 1230. The summed E-state index contributed by atoms with van der Waals surface area (Å²) in [6.45, 7) is 17.1. The number of aromatic nitrogens is 3. The molecule has 4 rings (SSSR count). The standard InChI is InChI=1S/C18H19N3O3.C8H18O.C7H12.C4H10/c1-4-5-15(22)13-11-18-19-9-8-14(21(18)20-13)12-6-7-16(23-2)17(10-12)24-3;1-3-5-6-8-9-7-4-2;1-6-3-4-7(2)5-6;1-3-4-2/h6-11H,4-5H2,1-3H3;3-8H2,1-2H3;5-6H,3-4H2,1-2H3;3-4H2,1-2H3/t;;6-;/m..1./s1. The number of fused-ring (bicyclic) bond motifs is 1. The van der Waals surface area contributed by atoms with Gasteiger partial charge in [-0.25, -0.2) is 9.50 Å². The van der Waals surface area contributed by atoms with Crippen LogP contribution in [0.3, 0.4) is 0 Å². The minimum atomic E-state index is 0.0289. The predicted molar refractivity (Wildman–Crippen MR) is 184 cm³/mol. The van der Waals surface area contributed by atoms with Crippen LogP contribution in [-0.4, -0.2) is 47.8 Å². The maximum absolute atomic E-state index is 12.1. The lowest BCUT2D eigenvalue weighted by Crippen LogP contribution is -2.01. The van der Waals surface area contributed by atoms with Crippen molar-refractivity contribution in [2.24, 2.45) is 5.92 Å². The Morgan fingerprint density at radius 2 is 1.61 bits per heavy atom. The quantitative estimate of drug-likeness (QED) is 0.109. The van der Waals surface area contributed by atoms with Gasteiger partial charge in [0.15, 0.2) is 22.9 Å². The van der Waals surface area contributed by atoms with E-state index in [0.717, 1.165) is 43.2 Å². The van der Waals surface area contributed by atoms with Crippen LogP contribution in [0.15, 0.2) is 48.2 Å². The first kappa shape index (κ1) is 38.8. The van der Waals surface area contributed by atoms with Gasteiger partial charge in [-0.15, -0.1) is 0 Å². The molecule has 246 valence electrons. The van der Waals surface area contributed by atoms with E-state index in [0.29, 0.717) is 29.3 Å². The van der Waals surface area contributed by atoms with E-state index in [-0.39, 0.29) is 5.78 Å². The van der Waals surface area contributed by atoms with Gasteiger partial charge in [0, 0.05) is 37.5 Å². The Kier molecular flexibility index (Phi) is 20.5. The van der Waals surface area contributed by atoms with E-state index in [1.54, 1.807) is 36.6 Å². The molecule has 2 heterocycles. The van der Waals surface area contributed by atoms with Gasteiger partial charge in [-0.3, -0.25) is 4.79 Å². The molecule has 2 aromatic heterocycles. The van der Waals surface area contributed by atoms with Gasteiger partial charge in [0.1, 0.15) is 5.69 Å². The molecule has 3 aromatic rings. The predicted octanol–water partition coefficient (Wildman–Crippen LogP) is 10.2. The van der Waals surface area contributed by atoms with E-state index in [4.69, 9.17) is 14.2 Å². The molecule has 1 aliphatic carbocycles.